The summed E-state index contributed by atoms with van der Waals surface area (Å²) in [5.41, 5.74) is 15.6. The molecular formula is C64H48N2. The van der Waals surface area contributed by atoms with Gasteiger partial charge in [-0.2, -0.15) is 0 Å². The summed E-state index contributed by atoms with van der Waals surface area (Å²) in [6.45, 7) is 6.83. The molecule has 0 fully saturated rings. The molecule has 1 aromatic heterocycles. The lowest BCUT2D eigenvalue weighted by Gasteiger charge is -2.26. The fraction of sp³-hybridized carbons (Fsp3) is 0.0625. The third kappa shape index (κ3) is 6.73. The highest BCUT2D eigenvalue weighted by Gasteiger charge is 2.21. The lowest BCUT2D eigenvalue weighted by Crippen LogP contribution is -2.10. The Bertz CT molecular complexity index is 3700. The van der Waals surface area contributed by atoms with Gasteiger partial charge >= 0.3 is 0 Å². The van der Waals surface area contributed by atoms with E-state index in [9.17, 15) is 0 Å². The van der Waals surface area contributed by atoms with E-state index in [0.29, 0.717) is 0 Å². The van der Waals surface area contributed by atoms with Crippen molar-refractivity contribution >= 4 is 71.2 Å². The molecule has 0 aliphatic carbocycles. The van der Waals surface area contributed by atoms with Crippen LogP contribution in [0.15, 0.2) is 237 Å². The molecule has 0 saturated heterocycles. The van der Waals surface area contributed by atoms with Crippen molar-refractivity contribution in [3.05, 3.63) is 242 Å². The molecule has 66 heavy (non-hydrogen) atoms. The van der Waals surface area contributed by atoms with Crippen LogP contribution in [0.3, 0.4) is 0 Å². The minimum Gasteiger partial charge on any atom is -0.310 e. The zero-order valence-corrected chi connectivity index (χ0v) is 37.4. The molecule has 314 valence electrons. The largest absolute Gasteiger partial charge is 0.310 e. The first-order chi connectivity index (χ1) is 32.4. The van der Waals surface area contributed by atoms with Crippen LogP contribution in [-0.2, 0) is 5.41 Å². The van der Waals surface area contributed by atoms with Crippen LogP contribution in [0.25, 0.3) is 93.2 Å². The van der Waals surface area contributed by atoms with Gasteiger partial charge in [-0.25, -0.2) is 0 Å². The molecule has 0 aliphatic heterocycles. The van der Waals surface area contributed by atoms with Gasteiger partial charge in [0.25, 0.3) is 0 Å². The summed E-state index contributed by atoms with van der Waals surface area (Å²) in [5.74, 6) is 0. The van der Waals surface area contributed by atoms with E-state index in [-0.39, 0.29) is 5.41 Å². The molecule has 1 heterocycles. The van der Waals surface area contributed by atoms with Crippen LogP contribution in [0.4, 0.5) is 17.1 Å². The van der Waals surface area contributed by atoms with Crippen LogP contribution in [-0.4, -0.2) is 4.57 Å². The second-order valence-electron chi connectivity index (χ2n) is 18.5. The van der Waals surface area contributed by atoms with Gasteiger partial charge in [-0.1, -0.05) is 191 Å². The number of benzene rings is 11. The van der Waals surface area contributed by atoms with Gasteiger partial charge in [0.2, 0.25) is 0 Å². The topological polar surface area (TPSA) is 8.17 Å². The normalized spacial score (nSPS) is 11.9. The first-order valence-corrected chi connectivity index (χ1v) is 23.0. The number of rotatable bonds is 7. The molecule has 0 saturated carbocycles. The van der Waals surface area contributed by atoms with Crippen molar-refractivity contribution < 1.29 is 0 Å². The summed E-state index contributed by atoms with van der Waals surface area (Å²) < 4.78 is 2.38. The quantitative estimate of drug-likeness (QED) is 0.145. The molecule has 12 aromatic rings. The summed E-state index contributed by atoms with van der Waals surface area (Å²) in [7, 11) is 0. The molecule has 2 nitrogen and oxygen atoms in total. The Balaban J connectivity index is 1.01. The second kappa shape index (κ2) is 15.8. The van der Waals surface area contributed by atoms with Gasteiger partial charge in [-0.15, -0.1) is 0 Å². The minimum absolute atomic E-state index is 0.0884. The Kier molecular flexibility index (Phi) is 9.43. The number of hydrogen-bond acceptors (Lipinski definition) is 1. The third-order valence-corrected chi connectivity index (χ3v) is 13.5. The van der Waals surface area contributed by atoms with Gasteiger partial charge in [0.05, 0.1) is 11.0 Å². The molecule has 0 bridgehead atoms. The maximum absolute atomic E-state index is 2.41. The molecule has 0 radical (unpaired) electrons. The molecule has 2 heteroatoms. The summed E-state index contributed by atoms with van der Waals surface area (Å²) in [4.78, 5) is 2.41. The van der Waals surface area contributed by atoms with E-state index in [1.165, 1.54) is 93.1 Å². The van der Waals surface area contributed by atoms with Crippen molar-refractivity contribution in [1.29, 1.82) is 0 Å². The highest BCUT2D eigenvalue weighted by atomic mass is 15.1. The summed E-state index contributed by atoms with van der Waals surface area (Å²) in [5, 5.41) is 9.96. The zero-order chi connectivity index (χ0) is 44.4. The van der Waals surface area contributed by atoms with Gasteiger partial charge < -0.3 is 9.47 Å². The van der Waals surface area contributed by atoms with Crippen molar-refractivity contribution in [3.63, 3.8) is 0 Å². The predicted octanol–water partition coefficient (Wildman–Crippen LogP) is 18.0. The monoisotopic (exact) mass is 844 g/mol. The maximum atomic E-state index is 2.41. The van der Waals surface area contributed by atoms with E-state index in [1.807, 2.05) is 0 Å². The predicted molar refractivity (Wildman–Crippen MR) is 283 cm³/mol. The summed E-state index contributed by atoms with van der Waals surface area (Å²) >= 11 is 0. The molecular weight excluding hydrogens is 797 g/mol. The van der Waals surface area contributed by atoms with E-state index in [0.717, 1.165) is 22.7 Å². The van der Waals surface area contributed by atoms with Crippen molar-refractivity contribution in [2.24, 2.45) is 0 Å². The zero-order valence-electron chi connectivity index (χ0n) is 37.4. The van der Waals surface area contributed by atoms with E-state index < -0.39 is 0 Å². The SMILES string of the molecule is CC(C)(C)c1ccc(-c2c3ccccc3c(-c3ccc(N(c4ccc(-c5ccc6ccccc6c5)cc4)c4ccc5c(c4)c4ccccc4n5-c4ccccc4)cc3)c3ccccc23)cc1. The molecule has 12 rings (SSSR count). The molecule has 0 aliphatic rings. The Hall–Kier alpha value is -8.20. The fourth-order valence-corrected chi connectivity index (χ4v) is 10.2. The van der Waals surface area contributed by atoms with Crippen LogP contribution in [0, 0.1) is 0 Å². The number of anilines is 3. The van der Waals surface area contributed by atoms with Crippen molar-refractivity contribution in [2.45, 2.75) is 26.2 Å². The van der Waals surface area contributed by atoms with Gasteiger partial charge in [0.15, 0.2) is 0 Å². The summed E-state index contributed by atoms with van der Waals surface area (Å²) in [6, 6.07) is 87.1. The van der Waals surface area contributed by atoms with Crippen molar-refractivity contribution in [2.75, 3.05) is 4.90 Å². The second-order valence-corrected chi connectivity index (χ2v) is 18.5. The maximum Gasteiger partial charge on any atom is 0.0542 e. The van der Waals surface area contributed by atoms with Gasteiger partial charge in [-0.3, -0.25) is 0 Å². The molecule has 0 amide bonds. The van der Waals surface area contributed by atoms with Crippen LogP contribution in [0.2, 0.25) is 0 Å². The van der Waals surface area contributed by atoms with Crippen LogP contribution >= 0.6 is 0 Å². The number of aromatic nitrogens is 1. The van der Waals surface area contributed by atoms with Crippen LogP contribution in [0.1, 0.15) is 26.3 Å². The smallest absolute Gasteiger partial charge is 0.0542 e. The average Bonchev–Trinajstić information content (AvgIpc) is 3.70. The van der Waals surface area contributed by atoms with E-state index >= 15 is 0 Å². The Morgan fingerprint density at radius 1 is 0.318 bits per heavy atom. The van der Waals surface area contributed by atoms with Gasteiger partial charge in [0.1, 0.15) is 0 Å². The third-order valence-electron chi connectivity index (χ3n) is 13.5. The molecule has 0 spiro atoms. The van der Waals surface area contributed by atoms with Crippen LogP contribution < -0.4 is 4.90 Å². The Morgan fingerprint density at radius 3 is 1.36 bits per heavy atom. The van der Waals surface area contributed by atoms with Crippen molar-refractivity contribution in [1.82, 2.24) is 4.57 Å². The lowest BCUT2D eigenvalue weighted by atomic mass is 9.83. The highest BCUT2D eigenvalue weighted by Crippen LogP contribution is 2.46. The van der Waals surface area contributed by atoms with Crippen molar-refractivity contribution in [3.8, 4) is 39.1 Å². The van der Waals surface area contributed by atoms with E-state index in [2.05, 4.69) is 267 Å². The van der Waals surface area contributed by atoms with E-state index in [4.69, 9.17) is 0 Å². The standard InChI is InChI=1S/C64H48N2/c1-64(2,3)49-33-27-45(28-34-49)62-55-20-9-11-22-57(55)63(58-23-12-10-21-56(58)62)46-31-37-52(38-32-46)65(51-35-29-44(30-36-51)48-26-25-43-15-7-8-16-47(43)41-48)53-39-40-61-59(42-53)54-19-13-14-24-60(54)66(61)50-17-5-4-6-18-50/h4-42H,1-3H3. The van der Waals surface area contributed by atoms with E-state index in [1.54, 1.807) is 0 Å². The van der Waals surface area contributed by atoms with Crippen LogP contribution in [0.5, 0.6) is 0 Å². The molecule has 0 N–H and O–H groups in total. The Labute approximate surface area is 386 Å². The number of fused-ring (bicyclic) bond motifs is 6. The highest BCUT2D eigenvalue weighted by molar-refractivity contribution is 6.21. The molecule has 0 atom stereocenters. The first-order valence-electron chi connectivity index (χ1n) is 23.0. The van der Waals surface area contributed by atoms with Gasteiger partial charge in [-0.05, 0) is 143 Å². The molecule has 11 aromatic carbocycles. The number of hydrogen-bond donors (Lipinski definition) is 0. The lowest BCUT2D eigenvalue weighted by molar-refractivity contribution is 0.590. The molecule has 0 unspecified atom stereocenters. The average molecular weight is 845 g/mol. The number of nitrogens with zero attached hydrogens (tertiary/aromatic N) is 2. The fourth-order valence-electron chi connectivity index (χ4n) is 10.2. The van der Waals surface area contributed by atoms with Gasteiger partial charge in [0, 0.05) is 33.5 Å². The summed E-state index contributed by atoms with van der Waals surface area (Å²) in [6.07, 6.45) is 0. The Morgan fingerprint density at radius 2 is 0.773 bits per heavy atom. The number of para-hydroxylation sites is 2. The minimum atomic E-state index is 0.0884. The first kappa shape index (κ1) is 39.4.